The van der Waals surface area contributed by atoms with Crippen LogP contribution in [0.5, 0.6) is 0 Å². The molecular weight excluding hydrogens is 354 g/mol. The molecule has 2 rings (SSSR count). The van der Waals surface area contributed by atoms with Crippen molar-refractivity contribution in [3.8, 4) is 0 Å². The van der Waals surface area contributed by atoms with Crippen LogP contribution in [0.2, 0.25) is 0 Å². The summed E-state index contributed by atoms with van der Waals surface area (Å²) < 4.78 is 5.01. The molecule has 27 heavy (non-hydrogen) atoms. The largest absolute Gasteiger partial charge is 0.449 e. The summed E-state index contributed by atoms with van der Waals surface area (Å²) in [6, 6.07) is 3.32. The summed E-state index contributed by atoms with van der Waals surface area (Å²) in [4.78, 5) is 46.4. The first-order valence-corrected chi connectivity index (χ1v) is 8.85. The van der Waals surface area contributed by atoms with Crippen LogP contribution in [0.25, 0.3) is 0 Å². The Kier molecular flexibility index (Phi) is 6.86. The highest BCUT2D eigenvalue weighted by Crippen LogP contribution is 2.20. The van der Waals surface area contributed by atoms with E-state index in [9.17, 15) is 24.5 Å². The van der Waals surface area contributed by atoms with Crippen LogP contribution >= 0.6 is 0 Å². The van der Waals surface area contributed by atoms with Crippen molar-refractivity contribution in [2.24, 2.45) is 0 Å². The number of nitro groups is 1. The normalized spacial score (nSPS) is 15.5. The zero-order valence-corrected chi connectivity index (χ0v) is 15.3. The maximum atomic E-state index is 12.1. The molecule has 0 unspecified atom stereocenters. The van der Waals surface area contributed by atoms with Gasteiger partial charge in [0.2, 0.25) is 0 Å². The van der Waals surface area contributed by atoms with E-state index in [-0.39, 0.29) is 17.3 Å². The average molecular weight is 377 g/mol. The molecule has 0 aromatic heterocycles. The number of nitro benzene ring substituents is 1. The van der Waals surface area contributed by atoms with Gasteiger partial charge in [0.25, 0.3) is 11.6 Å². The number of carbonyl (C=O) groups excluding carboxylic acids is 3. The molecule has 1 aromatic carbocycles. The molecule has 1 aliphatic carbocycles. The van der Waals surface area contributed by atoms with E-state index in [0.29, 0.717) is 5.56 Å². The molecule has 0 bridgehead atoms. The number of nitrogens with one attached hydrogen (secondary N) is 2. The molecule has 0 heterocycles. The van der Waals surface area contributed by atoms with Crippen LogP contribution in [-0.4, -0.2) is 35.0 Å². The molecule has 146 valence electrons. The number of amides is 3. The van der Waals surface area contributed by atoms with E-state index in [2.05, 4.69) is 10.6 Å². The molecule has 1 atom stereocenters. The molecule has 1 aliphatic rings. The van der Waals surface area contributed by atoms with Crippen LogP contribution in [-0.2, 0) is 9.53 Å². The number of hydrogen-bond donors (Lipinski definition) is 2. The summed E-state index contributed by atoms with van der Waals surface area (Å²) in [6.45, 7) is 2.87. The Hall–Kier alpha value is -2.97. The van der Waals surface area contributed by atoms with Gasteiger partial charge in [-0.05, 0) is 32.8 Å². The number of ether oxygens (including phenoxy) is 1. The second-order valence-corrected chi connectivity index (χ2v) is 6.60. The first kappa shape index (κ1) is 20.3. The lowest BCUT2D eigenvalue weighted by molar-refractivity contribution is -0.385. The fourth-order valence-corrected chi connectivity index (χ4v) is 2.90. The van der Waals surface area contributed by atoms with E-state index < -0.39 is 28.9 Å². The molecule has 0 spiro atoms. The number of rotatable bonds is 5. The van der Waals surface area contributed by atoms with Gasteiger partial charge in [0, 0.05) is 17.7 Å². The highest BCUT2D eigenvalue weighted by molar-refractivity contribution is 5.98. The van der Waals surface area contributed by atoms with Crippen LogP contribution < -0.4 is 10.6 Å². The molecule has 1 fully saturated rings. The third kappa shape index (κ3) is 5.77. The average Bonchev–Trinajstić information content (AvgIpc) is 2.62. The second-order valence-electron chi connectivity index (χ2n) is 6.60. The van der Waals surface area contributed by atoms with Crippen LogP contribution in [0.3, 0.4) is 0 Å². The van der Waals surface area contributed by atoms with Crippen LogP contribution in [0.4, 0.5) is 10.5 Å². The smallest absolute Gasteiger partial charge is 0.339 e. The van der Waals surface area contributed by atoms with Crippen LogP contribution in [0, 0.1) is 17.0 Å². The van der Waals surface area contributed by atoms with E-state index in [0.717, 1.165) is 38.2 Å². The number of carbonyl (C=O) groups is 3. The Morgan fingerprint density at radius 3 is 2.52 bits per heavy atom. The first-order chi connectivity index (χ1) is 12.8. The molecule has 9 nitrogen and oxygen atoms in total. The summed E-state index contributed by atoms with van der Waals surface area (Å²) in [5.41, 5.74) is 0.147. The summed E-state index contributed by atoms with van der Waals surface area (Å²) in [5.74, 6) is -1.65. The minimum absolute atomic E-state index is 0.0394. The van der Waals surface area contributed by atoms with Gasteiger partial charge >= 0.3 is 12.0 Å². The van der Waals surface area contributed by atoms with Crippen molar-refractivity contribution in [3.05, 3.63) is 39.4 Å². The van der Waals surface area contributed by atoms with Gasteiger partial charge in [0.05, 0.1) is 10.5 Å². The predicted octanol–water partition coefficient (Wildman–Crippen LogP) is 2.61. The maximum Gasteiger partial charge on any atom is 0.339 e. The zero-order chi connectivity index (χ0) is 20.0. The fraction of sp³-hybridized carbons (Fsp3) is 0.500. The number of aryl methyl sites for hydroxylation is 1. The standard InChI is InChI=1S/C18H23N3O6/c1-11-8-9-13(10-15(11)21(25)26)17(23)27-12(2)16(22)20-18(24)19-14-6-4-3-5-7-14/h8-10,12,14H,3-7H2,1-2H3,(H2,19,20,22,24)/t12-/m0/s1. The summed E-state index contributed by atoms with van der Waals surface area (Å²) >= 11 is 0. The Morgan fingerprint density at radius 1 is 1.22 bits per heavy atom. The summed E-state index contributed by atoms with van der Waals surface area (Å²) in [6.07, 6.45) is 3.74. The second kappa shape index (κ2) is 9.11. The lowest BCUT2D eigenvalue weighted by Gasteiger charge is -2.23. The molecular formula is C18H23N3O6. The number of hydrogen-bond acceptors (Lipinski definition) is 6. The Bertz CT molecular complexity index is 743. The molecule has 1 saturated carbocycles. The van der Waals surface area contributed by atoms with Gasteiger partial charge in [-0.3, -0.25) is 20.2 Å². The van der Waals surface area contributed by atoms with Gasteiger partial charge in [0.1, 0.15) is 0 Å². The Labute approximate surface area is 156 Å². The molecule has 0 radical (unpaired) electrons. The highest BCUT2D eigenvalue weighted by atomic mass is 16.6. The minimum atomic E-state index is -1.23. The van der Waals surface area contributed by atoms with Gasteiger partial charge in [0.15, 0.2) is 6.10 Å². The fourth-order valence-electron chi connectivity index (χ4n) is 2.90. The first-order valence-electron chi connectivity index (χ1n) is 8.85. The molecule has 0 saturated heterocycles. The molecule has 0 aliphatic heterocycles. The van der Waals surface area contributed by atoms with Crippen molar-refractivity contribution in [2.45, 2.75) is 58.1 Å². The van der Waals surface area contributed by atoms with Gasteiger partial charge in [-0.15, -0.1) is 0 Å². The zero-order valence-electron chi connectivity index (χ0n) is 15.3. The quantitative estimate of drug-likeness (QED) is 0.461. The van der Waals surface area contributed by atoms with Crippen molar-refractivity contribution >= 4 is 23.6 Å². The third-order valence-electron chi connectivity index (χ3n) is 4.47. The van der Waals surface area contributed by atoms with Crippen molar-refractivity contribution in [1.82, 2.24) is 10.6 Å². The topological polar surface area (TPSA) is 128 Å². The van der Waals surface area contributed by atoms with Gasteiger partial charge in [-0.2, -0.15) is 0 Å². The van der Waals surface area contributed by atoms with Crippen LogP contribution in [0.15, 0.2) is 18.2 Å². The van der Waals surface area contributed by atoms with Crippen molar-refractivity contribution in [3.63, 3.8) is 0 Å². The van der Waals surface area contributed by atoms with Gasteiger partial charge in [-0.25, -0.2) is 9.59 Å². The van der Waals surface area contributed by atoms with Crippen LogP contribution in [0.1, 0.15) is 54.9 Å². The van der Waals surface area contributed by atoms with E-state index >= 15 is 0 Å². The molecule has 1 aromatic rings. The third-order valence-corrected chi connectivity index (χ3v) is 4.47. The Morgan fingerprint density at radius 2 is 1.89 bits per heavy atom. The van der Waals surface area contributed by atoms with Crippen molar-refractivity contribution in [1.29, 1.82) is 0 Å². The lowest BCUT2D eigenvalue weighted by atomic mass is 9.96. The molecule has 2 N–H and O–H groups in total. The van der Waals surface area contributed by atoms with Crippen molar-refractivity contribution in [2.75, 3.05) is 0 Å². The lowest BCUT2D eigenvalue weighted by Crippen LogP contribution is -2.48. The Balaban J connectivity index is 1.89. The molecule has 9 heteroatoms. The number of benzene rings is 1. The highest BCUT2D eigenvalue weighted by Gasteiger charge is 2.24. The summed E-state index contributed by atoms with van der Waals surface area (Å²) in [5, 5.41) is 15.8. The van der Waals surface area contributed by atoms with E-state index in [4.69, 9.17) is 4.74 Å². The number of esters is 1. The SMILES string of the molecule is Cc1ccc(C(=O)O[C@@H](C)C(=O)NC(=O)NC2CCCCC2)cc1[N+](=O)[O-]. The molecule has 3 amide bonds. The van der Waals surface area contributed by atoms with Gasteiger partial charge < -0.3 is 10.1 Å². The van der Waals surface area contributed by atoms with E-state index in [1.807, 2.05) is 0 Å². The van der Waals surface area contributed by atoms with Crippen molar-refractivity contribution < 1.29 is 24.0 Å². The van der Waals surface area contributed by atoms with Gasteiger partial charge in [-0.1, -0.05) is 25.3 Å². The minimum Gasteiger partial charge on any atom is -0.449 e. The predicted molar refractivity (Wildman–Crippen MR) is 96.3 cm³/mol. The summed E-state index contributed by atoms with van der Waals surface area (Å²) in [7, 11) is 0. The number of imide groups is 1. The maximum absolute atomic E-state index is 12.1. The van der Waals surface area contributed by atoms with E-state index in [1.54, 1.807) is 6.92 Å². The van der Waals surface area contributed by atoms with E-state index in [1.165, 1.54) is 19.1 Å². The number of nitrogens with zero attached hydrogens (tertiary/aromatic N) is 1. The monoisotopic (exact) mass is 377 g/mol. The number of urea groups is 1.